The number of rotatable bonds is 0. The molecule has 0 saturated heterocycles. The van der Waals surface area contributed by atoms with Gasteiger partial charge in [-0.3, -0.25) is 0 Å². The van der Waals surface area contributed by atoms with Crippen LogP contribution in [0.15, 0.2) is 0 Å². The van der Waals surface area contributed by atoms with Gasteiger partial charge in [0.25, 0.3) is 0 Å². The minimum Gasteiger partial charge on any atom is 0 e. The van der Waals surface area contributed by atoms with Crippen molar-refractivity contribution in [2.24, 2.45) is 0 Å². The van der Waals surface area contributed by atoms with Gasteiger partial charge in [0.2, 0.25) is 0 Å². The molecule has 0 unspecified atom stereocenters. The van der Waals surface area contributed by atoms with Gasteiger partial charge in [0.15, 0.2) is 0 Å². The maximum atomic E-state index is 0. The summed E-state index contributed by atoms with van der Waals surface area (Å²) >= 11 is 0. The first-order valence-corrected chi connectivity index (χ1v) is 0. The van der Waals surface area contributed by atoms with Gasteiger partial charge in [0.1, 0.15) is 0 Å². The van der Waals surface area contributed by atoms with Crippen LogP contribution in [0.3, 0.4) is 0 Å². The smallest absolute Gasteiger partial charge is 0 e. The van der Waals surface area contributed by atoms with Crippen LogP contribution in [0, 0.1) is 0 Å². The summed E-state index contributed by atoms with van der Waals surface area (Å²) in [7, 11) is 0. The van der Waals surface area contributed by atoms with Crippen molar-refractivity contribution in [3.05, 3.63) is 0 Å². The van der Waals surface area contributed by atoms with Crippen LogP contribution in [0.25, 0.3) is 0 Å². The van der Waals surface area contributed by atoms with E-state index in [2.05, 4.69) is 0 Å². The molecule has 4 heavy (non-hydrogen) atoms. The van der Waals surface area contributed by atoms with Crippen LogP contribution in [0.4, 0.5) is 0 Å². The Kier molecular flexibility index (Phi) is 140. The Morgan fingerprint density at radius 3 is 1.00 bits per heavy atom. The predicted octanol–water partition coefficient (Wildman–Crippen LogP) is -0.388. The van der Waals surface area contributed by atoms with E-state index in [1.165, 1.54) is 0 Å². The van der Waals surface area contributed by atoms with Gasteiger partial charge in [-0.2, -0.15) is 0 Å². The summed E-state index contributed by atoms with van der Waals surface area (Å²) in [6, 6.07) is 0. The molecule has 0 spiro atoms. The zero-order chi connectivity index (χ0) is 0. The maximum absolute atomic E-state index is 0. The third-order valence-corrected chi connectivity index (χ3v) is 0. The molecule has 0 saturated carbocycles. The second-order valence-electron chi connectivity index (χ2n) is 0. The minimum absolute atomic E-state index is 0. The van der Waals surface area contributed by atoms with E-state index in [1.807, 2.05) is 0 Å². The average molecular weight is 351 g/mol. The van der Waals surface area contributed by atoms with Crippen LogP contribution < -0.4 is 0 Å². The summed E-state index contributed by atoms with van der Waals surface area (Å²) in [5, 5.41) is 0. The molecular formula is SiTiWZr. The van der Waals surface area contributed by atoms with Crippen LogP contribution in [-0.2, 0) is 69.0 Å². The van der Waals surface area contributed by atoms with E-state index in [-0.39, 0.29) is 80.0 Å². The summed E-state index contributed by atoms with van der Waals surface area (Å²) < 4.78 is 0. The molecule has 0 bridgehead atoms. The Hall–Kier alpha value is 2.50. The van der Waals surface area contributed by atoms with Crippen molar-refractivity contribution >= 4 is 11.0 Å². The quantitative estimate of drug-likeness (QED) is 0.522. The van der Waals surface area contributed by atoms with E-state index >= 15 is 0 Å². The van der Waals surface area contributed by atoms with Crippen molar-refractivity contribution in [3.63, 3.8) is 0 Å². The fourth-order valence-electron chi connectivity index (χ4n) is 0. The Morgan fingerprint density at radius 1 is 1.00 bits per heavy atom. The summed E-state index contributed by atoms with van der Waals surface area (Å²) in [5.74, 6) is 0. The summed E-state index contributed by atoms with van der Waals surface area (Å²) in [5.41, 5.74) is 0. The molecule has 0 aliphatic rings. The van der Waals surface area contributed by atoms with Crippen molar-refractivity contribution in [1.29, 1.82) is 0 Å². The Balaban J connectivity index is 0. The molecule has 0 fully saturated rings. The second kappa shape index (κ2) is 17.8. The minimum atomic E-state index is 0. The van der Waals surface area contributed by atoms with Crippen molar-refractivity contribution in [3.8, 4) is 0 Å². The van der Waals surface area contributed by atoms with E-state index in [9.17, 15) is 0 Å². The van der Waals surface area contributed by atoms with Crippen LogP contribution >= 0.6 is 0 Å². The molecule has 0 amide bonds. The van der Waals surface area contributed by atoms with Crippen LogP contribution in [0.1, 0.15) is 0 Å². The predicted molar refractivity (Wildman–Crippen MR) is 5.75 cm³/mol. The van der Waals surface area contributed by atoms with E-state index < -0.39 is 0 Å². The molecule has 0 heterocycles. The molecule has 4 heteroatoms. The largest absolute Gasteiger partial charge is 0 e. The maximum Gasteiger partial charge on any atom is 0 e. The van der Waals surface area contributed by atoms with Gasteiger partial charge < -0.3 is 0 Å². The van der Waals surface area contributed by atoms with E-state index in [4.69, 9.17) is 0 Å². The molecule has 0 rings (SSSR count). The topological polar surface area (TPSA) is 0 Å². The van der Waals surface area contributed by atoms with Gasteiger partial charge in [-0.15, -0.1) is 0 Å². The van der Waals surface area contributed by atoms with Crippen LogP contribution in [0.5, 0.6) is 0 Å². The first kappa shape index (κ1) is 31.4. The van der Waals surface area contributed by atoms with E-state index in [1.54, 1.807) is 0 Å². The standard InChI is InChI=1S/Si.Ti.W.Zr. The van der Waals surface area contributed by atoms with Crippen LogP contribution in [0.2, 0.25) is 0 Å². The molecule has 0 aromatic rings. The molecule has 18 valence electrons. The van der Waals surface area contributed by atoms with Gasteiger partial charge in [-0.05, 0) is 0 Å². The third kappa shape index (κ3) is 8.82. The van der Waals surface area contributed by atoms with Gasteiger partial charge in [0.05, 0.1) is 0 Å². The Bertz CT molecular complexity index is 8.00. The summed E-state index contributed by atoms with van der Waals surface area (Å²) in [6.07, 6.45) is 0. The van der Waals surface area contributed by atoms with Gasteiger partial charge in [-0.1, -0.05) is 0 Å². The van der Waals surface area contributed by atoms with Crippen molar-refractivity contribution in [2.75, 3.05) is 0 Å². The molecule has 4 radical (unpaired) electrons. The third-order valence-electron chi connectivity index (χ3n) is 0. The van der Waals surface area contributed by atoms with Gasteiger partial charge in [-0.25, -0.2) is 0 Å². The fraction of sp³-hybridized carbons (Fsp3) is 0. The monoisotopic (exact) mass is 350 g/mol. The SMILES string of the molecule is [Si].[Ti].[W].[Zr]. The van der Waals surface area contributed by atoms with Gasteiger partial charge >= 0.3 is 0 Å². The van der Waals surface area contributed by atoms with E-state index in [0.717, 1.165) is 0 Å². The Labute approximate surface area is 78.8 Å². The molecular weight excluding hydrogens is 351 g/mol. The first-order valence-electron chi connectivity index (χ1n) is 0. The zero-order valence-corrected chi connectivity index (χ0v) is 9.86. The van der Waals surface area contributed by atoms with Crippen molar-refractivity contribution in [2.45, 2.75) is 0 Å². The molecule has 0 nitrogen and oxygen atoms in total. The molecule has 0 aliphatic heterocycles. The fourth-order valence-corrected chi connectivity index (χ4v) is 0. The normalized spacial score (nSPS) is 0. The first-order chi connectivity index (χ1) is 0. The van der Waals surface area contributed by atoms with Gasteiger partial charge in [0, 0.05) is 80.0 Å². The zero-order valence-electron chi connectivity index (χ0n) is 1.91. The molecule has 0 aromatic heterocycles. The molecule has 0 aromatic carbocycles. The second-order valence-corrected chi connectivity index (χ2v) is 0. The number of hydrogen-bond acceptors (Lipinski definition) is 0. The summed E-state index contributed by atoms with van der Waals surface area (Å²) in [6.45, 7) is 0. The molecule has 0 atom stereocenters. The summed E-state index contributed by atoms with van der Waals surface area (Å²) in [4.78, 5) is 0. The van der Waals surface area contributed by atoms with Crippen molar-refractivity contribution in [1.82, 2.24) is 0 Å². The Morgan fingerprint density at radius 2 is 1.00 bits per heavy atom. The van der Waals surface area contributed by atoms with Crippen molar-refractivity contribution < 1.29 is 69.0 Å². The average Bonchev–Trinajstić information content (AvgIpc) is 0. The molecule has 0 aliphatic carbocycles. The van der Waals surface area contributed by atoms with E-state index in [0.29, 0.717) is 0 Å². The molecule has 0 N–H and O–H groups in total. The van der Waals surface area contributed by atoms with Crippen LogP contribution in [-0.4, -0.2) is 11.0 Å². The number of hydrogen-bond donors (Lipinski definition) is 0.